The van der Waals surface area contributed by atoms with Crippen molar-refractivity contribution in [2.75, 3.05) is 18.5 Å². The van der Waals surface area contributed by atoms with Crippen molar-refractivity contribution in [1.29, 1.82) is 0 Å². The minimum absolute atomic E-state index is 0.0696. The Hall–Kier alpha value is -2.93. The van der Waals surface area contributed by atoms with Gasteiger partial charge in [0, 0.05) is 55.8 Å². The van der Waals surface area contributed by atoms with Crippen molar-refractivity contribution in [3.8, 4) is 0 Å². The maximum absolute atomic E-state index is 14.4. The number of alkyl halides is 1. The third-order valence-corrected chi connectivity index (χ3v) is 11.4. The number of nitrogens with zero attached hydrogens (tertiary/aromatic N) is 4. The van der Waals surface area contributed by atoms with Crippen LogP contribution in [-0.2, 0) is 34.3 Å². The summed E-state index contributed by atoms with van der Waals surface area (Å²) < 4.78 is 52.5. The van der Waals surface area contributed by atoms with Crippen LogP contribution in [-0.4, -0.2) is 60.9 Å². The third-order valence-electron chi connectivity index (χ3n) is 8.18. The lowest BCUT2D eigenvalue weighted by Crippen LogP contribution is -2.36. The van der Waals surface area contributed by atoms with Crippen molar-refractivity contribution < 1.29 is 17.5 Å². The van der Waals surface area contributed by atoms with Gasteiger partial charge >= 0.3 is 0 Å². The maximum Gasteiger partial charge on any atom is 0.241 e. The second-order valence-electron chi connectivity index (χ2n) is 13.9. The fraction of sp³-hybridized carbons (Fsp3) is 0.516. The molecular weight excluding hydrogens is 584 g/mol. The van der Waals surface area contributed by atoms with Crippen molar-refractivity contribution in [2.24, 2.45) is 0 Å². The minimum Gasteiger partial charge on any atom is -0.379 e. The molecule has 43 heavy (non-hydrogen) atoms. The molecule has 0 radical (unpaired) electrons. The molecular formula is C31H41FN6O3SSi. The molecule has 1 unspecified atom stereocenters. The van der Waals surface area contributed by atoms with Crippen molar-refractivity contribution in [2.45, 2.75) is 94.5 Å². The predicted molar refractivity (Wildman–Crippen MR) is 171 cm³/mol. The van der Waals surface area contributed by atoms with Crippen LogP contribution in [0.5, 0.6) is 0 Å². The van der Waals surface area contributed by atoms with Crippen molar-refractivity contribution >= 4 is 45.6 Å². The highest BCUT2D eigenvalue weighted by atomic mass is 32.2. The lowest BCUT2D eigenvalue weighted by Gasteiger charge is -2.18. The first-order valence-electron chi connectivity index (χ1n) is 15.0. The van der Waals surface area contributed by atoms with Gasteiger partial charge in [0.2, 0.25) is 10.0 Å². The fourth-order valence-electron chi connectivity index (χ4n) is 5.66. The largest absolute Gasteiger partial charge is 0.379 e. The smallest absolute Gasteiger partial charge is 0.241 e. The Balaban J connectivity index is 1.28. The molecule has 230 valence electrons. The number of hydrogen-bond donors (Lipinski definition) is 2. The van der Waals surface area contributed by atoms with E-state index in [1.165, 1.54) is 13.8 Å². The minimum atomic E-state index is -4.00. The quantitative estimate of drug-likeness (QED) is 0.152. The topological polar surface area (TPSA) is 111 Å². The molecule has 3 aromatic heterocycles. The molecule has 3 heterocycles. The zero-order chi connectivity index (χ0) is 30.6. The van der Waals surface area contributed by atoms with Crippen LogP contribution >= 0.6 is 0 Å². The van der Waals surface area contributed by atoms with Crippen LogP contribution in [0.3, 0.4) is 0 Å². The van der Waals surface area contributed by atoms with Gasteiger partial charge in [-0.1, -0.05) is 19.6 Å². The van der Waals surface area contributed by atoms with E-state index in [1.54, 1.807) is 24.9 Å². The van der Waals surface area contributed by atoms with Gasteiger partial charge in [0.25, 0.3) is 0 Å². The Morgan fingerprint density at radius 1 is 1.12 bits per heavy atom. The molecule has 0 aliphatic heterocycles. The van der Waals surface area contributed by atoms with Gasteiger partial charge in [-0.2, -0.15) is 0 Å². The van der Waals surface area contributed by atoms with Crippen LogP contribution in [0.2, 0.25) is 25.7 Å². The average Bonchev–Trinajstić information content (AvgIpc) is 3.57. The molecule has 0 spiro atoms. The molecule has 1 fully saturated rings. The van der Waals surface area contributed by atoms with Crippen molar-refractivity contribution in [1.82, 2.24) is 24.2 Å². The molecule has 4 aromatic rings. The maximum atomic E-state index is 14.4. The summed E-state index contributed by atoms with van der Waals surface area (Å²) >= 11 is 0. The number of anilines is 1. The van der Waals surface area contributed by atoms with E-state index >= 15 is 0 Å². The van der Waals surface area contributed by atoms with E-state index in [0.717, 1.165) is 64.4 Å². The molecule has 0 amide bonds. The molecule has 12 heteroatoms. The number of nitrogens with one attached hydrogen (secondary N) is 2. The van der Waals surface area contributed by atoms with Gasteiger partial charge in [-0.25, -0.2) is 22.5 Å². The first-order chi connectivity index (χ1) is 20.3. The zero-order valence-corrected chi connectivity index (χ0v) is 27.4. The SMILES string of the molecule is CC(C)(F)CNS(=O)(=O)c1c2c(cc3cnc(C4CC4)cc13)CC(Nc1cncc3c1ncn3COCC[Si](C)(C)C)C2. The first kappa shape index (κ1) is 30.1. The molecule has 0 bridgehead atoms. The van der Waals surface area contributed by atoms with E-state index in [0.29, 0.717) is 30.9 Å². The number of aromatic nitrogens is 4. The zero-order valence-electron chi connectivity index (χ0n) is 25.6. The number of sulfonamides is 1. The number of hydrogen-bond acceptors (Lipinski definition) is 7. The van der Waals surface area contributed by atoms with Gasteiger partial charge in [0.1, 0.15) is 17.9 Å². The second kappa shape index (κ2) is 11.2. The van der Waals surface area contributed by atoms with E-state index in [1.807, 2.05) is 10.6 Å². The summed E-state index contributed by atoms with van der Waals surface area (Å²) in [6.45, 7) is 10.6. The Bertz CT molecular complexity index is 1780. The van der Waals surface area contributed by atoms with Crippen LogP contribution in [0.15, 0.2) is 41.9 Å². The molecule has 1 atom stereocenters. The monoisotopic (exact) mass is 624 g/mol. The summed E-state index contributed by atoms with van der Waals surface area (Å²) in [5, 5.41) is 5.02. The van der Waals surface area contributed by atoms with E-state index in [9.17, 15) is 12.8 Å². The van der Waals surface area contributed by atoms with Gasteiger partial charge in [-0.05, 0) is 68.8 Å². The normalized spacial score (nSPS) is 17.6. The highest BCUT2D eigenvalue weighted by molar-refractivity contribution is 7.89. The molecule has 2 aliphatic carbocycles. The number of rotatable bonds is 12. The highest BCUT2D eigenvalue weighted by Gasteiger charge is 2.34. The van der Waals surface area contributed by atoms with E-state index in [-0.39, 0.29) is 17.5 Å². The number of fused-ring (bicyclic) bond motifs is 3. The summed E-state index contributed by atoms with van der Waals surface area (Å²) in [7, 11) is -5.18. The van der Waals surface area contributed by atoms with Crippen LogP contribution in [0.25, 0.3) is 21.8 Å². The second-order valence-corrected chi connectivity index (χ2v) is 21.2. The van der Waals surface area contributed by atoms with Crippen LogP contribution < -0.4 is 10.0 Å². The molecule has 2 N–H and O–H groups in total. The predicted octanol–water partition coefficient (Wildman–Crippen LogP) is 5.77. The Labute approximate surface area is 253 Å². The van der Waals surface area contributed by atoms with E-state index < -0.39 is 23.8 Å². The average molecular weight is 625 g/mol. The van der Waals surface area contributed by atoms with Crippen LogP contribution in [0.4, 0.5) is 10.1 Å². The summed E-state index contributed by atoms with van der Waals surface area (Å²) in [5.41, 5.74) is 3.42. The number of benzene rings is 1. The third kappa shape index (κ3) is 6.77. The van der Waals surface area contributed by atoms with Gasteiger partial charge < -0.3 is 14.6 Å². The number of ether oxygens (including phenoxy) is 1. The lowest BCUT2D eigenvalue weighted by atomic mass is 10.0. The van der Waals surface area contributed by atoms with Gasteiger partial charge in [0.05, 0.1) is 34.8 Å². The Kier molecular flexibility index (Phi) is 7.85. The molecule has 6 rings (SSSR count). The molecule has 1 saturated carbocycles. The lowest BCUT2D eigenvalue weighted by molar-refractivity contribution is 0.0898. The van der Waals surface area contributed by atoms with E-state index in [4.69, 9.17) is 4.74 Å². The van der Waals surface area contributed by atoms with Gasteiger partial charge in [-0.3, -0.25) is 9.97 Å². The first-order valence-corrected chi connectivity index (χ1v) is 20.2. The van der Waals surface area contributed by atoms with Crippen LogP contribution in [0, 0.1) is 0 Å². The highest BCUT2D eigenvalue weighted by Crippen LogP contribution is 2.42. The summed E-state index contributed by atoms with van der Waals surface area (Å²) in [5.74, 6) is 0.374. The molecule has 1 aromatic carbocycles. The van der Waals surface area contributed by atoms with Crippen molar-refractivity contribution in [3.63, 3.8) is 0 Å². The standard InChI is InChI=1S/C31H41FN6O3SSi/c1-31(2,32)17-36-42(39,40)30-24-12-23(11-21(24)10-22-14-34-26(13-25(22)30)20-6-7-20)37-27-15-33-16-28-29(27)35-18-38(28)19-41-8-9-43(3,4)5/h10,13-16,18,20,23,36-37H,6-9,11-12,17,19H2,1-5H3. The number of halogens is 1. The molecule has 9 nitrogen and oxygen atoms in total. The summed E-state index contributed by atoms with van der Waals surface area (Å²) in [6, 6.07) is 5.00. The van der Waals surface area contributed by atoms with Gasteiger partial charge in [-0.15, -0.1) is 0 Å². The van der Waals surface area contributed by atoms with Crippen LogP contribution in [0.1, 0.15) is 49.4 Å². The summed E-state index contributed by atoms with van der Waals surface area (Å²) in [4.78, 5) is 14.0. The molecule has 0 saturated heterocycles. The van der Waals surface area contributed by atoms with Gasteiger partial charge in [0.15, 0.2) is 0 Å². The van der Waals surface area contributed by atoms with E-state index in [2.05, 4.69) is 50.7 Å². The number of pyridine rings is 2. The summed E-state index contributed by atoms with van der Waals surface area (Å²) in [6.07, 6.45) is 10.4. The van der Waals surface area contributed by atoms with Crippen molar-refractivity contribution in [3.05, 3.63) is 53.9 Å². The Morgan fingerprint density at radius 3 is 2.63 bits per heavy atom. The number of imidazole rings is 1. The Morgan fingerprint density at radius 2 is 1.91 bits per heavy atom. The molecule has 2 aliphatic rings. The fourth-order valence-corrected chi connectivity index (χ4v) is 8.10.